The molecule has 5 aliphatic rings. The highest BCUT2D eigenvalue weighted by Gasteiger charge is 2.75. The molecule has 4 saturated carbocycles. The Kier molecular flexibility index (Phi) is 10.7. The molecule has 0 aromatic heterocycles. The molecular formula is C44H61F3O9. The molecule has 312 valence electrons. The van der Waals surface area contributed by atoms with E-state index in [1.165, 1.54) is 38.1 Å². The SMILES string of the molecule is CO[C@@](C(=O)O[C@@H]1C[C@@H](C(C)C)[C@]2(COC(C)=O)CC[C@@]3(C)[C@H]4C(=CC[C@]3(C)[C@@H]12)[C@@]1(C)C[C@@H](OC(C)=O)[C@H](O)C(C)(C)[C@@H]1C[C@@H]4O)(c1ccccc1)C(F)(F)F. The van der Waals surface area contributed by atoms with E-state index >= 15 is 13.2 Å². The maximum atomic E-state index is 15.2. The maximum absolute atomic E-state index is 15.2. The number of hydrogen-bond acceptors (Lipinski definition) is 9. The summed E-state index contributed by atoms with van der Waals surface area (Å²) >= 11 is 0. The normalized spacial score (nSPS) is 41.2. The molecule has 9 nitrogen and oxygen atoms in total. The summed E-state index contributed by atoms with van der Waals surface area (Å²) in [5.74, 6) is -3.81. The van der Waals surface area contributed by atoms with E-state index in [1.54, 1.807) is 6.07 Å². The van der Waals surface area contributed by atoms with Gasteiger partial charge < -0.3 is 29.2 Å². The predicted octanol–water partition coefficient (Wildman–Crippen LogP) is 7.71. The maximum Gasteiger partial charge on any atom is 0.432 e. The van der Waals surface area contributed by atoms with Crippen LogP contribution in [0.1, 0.15) is 106 Å². The molecule has 0 unspecified atom stereocenters. The summed E-state index contributed by atoms with van der Waals surface area (Å²) in [6, 6.07) is 6.80. The number of carbonyl (C=O) groups is 3. The zero-order chi connectivity index (χ0) is 41.6. The largest absolute Gasteiger partial charge is 0.465 e. The number of fused-ring (bicyclic) bond motifs is 7. The lowest BCUT2D eigenvalue weighted by atomic mass is 9.35. The first-order chi connectivity index (χ1) is 25.9. The van der Waals surface area contributed by atoms with Crippen LogP contribution in [-0.4, -0.2) is 72.4 Å². The number of halogens is 3. The van der Waals surface area contributed by atoms with E-state index < -0.39 is 98.6 Å². The number of aliphatic hydroxyl groups is 2. The van der Waals surface area contributed by atoms with Crippen LogP contribution in [0.5, 0.6) is 0 Å². The zero-order valence-corrected chi connectivity index (χ0v) is 34.5. The van der Waals surface area contributed by atoms with Crippen molar-refractivity contribution in [2.24, 2.45) is 56.7 Å². The molecule has 1 aromatic rings. The van der Waals surface area contributed by atoms with Gasteiger partial charge in [0.15, 0.2) is 0 Å². The number of aliphatic hydroxyl groups excluding tert-OH is 2. The lowest BCUT2D eigenvalue weighted by molar-refractivity contribution is -0.281. The van der Waals surface area contributed by atoms with Crippen molar-refractivity contribution in [1.82, 2.24) is 0 Å². The highest BCUT2D eigenvalue weighted by Crippen LogP contribution is 2.77. The van der Waals surface area contributed by atoms with Crippen molar-refractivity contribution >= 4 is 17.9 Å². The number of esters is 3. The molecule has 4 fully saturated rings. The summed E-state index contributed by atoms with van der Waals surface area (Å²) < 4.78 is 68.7. The van der Waals surface area contributed by atoms with Gasteiger partial charge >= 0.3 is 24.1 Å². The van der Waals surface area contributed by atoms with Gasteiger partial charge in [0, 0.05) is 43.8 Å². The van der Waals surface area contributed by atoms with Crippen molar-refractivity contribution in [1.29, 1.82) is 0 Å². The van der Waals surface area contributed by atoms with Crippen LogP contribution < -0.4 is 0 Å². The Bertz CT molecular complexity index is 1730. The summed E-state index contributed by atoms with van der Waals surface area (Å²) in [6.45, 7) is 17.1. The minimum atomic E-state index is -5.16. The van der Waals surface area contributed by atoms with E-state index in [0.717, 1.165) is 12.7 Å². The Morgan fingerprint density at radius 2 is 1.54 bits per heavy atom. The van der Waals surface area contributed by atoms with E-state index in [-0.39, 0.29) is 30.8 Å². The van der Waals surface area contributed by atoms with E-state index in [0.29, 0.717) is 32.1 Å². The molecule has 12 heteroatoms. The fraction of sp³-hybridized carbons (Fsp3) is 0.750. The molecule has 0 amide bonds. The lowest BCUT2D eigenvalue weighted by Gasteiger charge is -2.70. The van der Waals surface area contributed by atoms with Crippen molar-refractivity contribution < 1.29 is 56.7 Å². The van der Waals surface area contributed by atoms with Crippen LogP contribution in [-0.2, 0) is 38.9 Å². The first kappa shape index (κ1) is 42.6. The monoisotopic (exact) mass is 790 g/mol. The molecule has 0 aliphatic heterocycles. The lowest BCUT2D eigenvalue weighted by Crippen LogP contribution is -2.68. The van der Waals surface area contributed by atoms with Gasteiger partial charge in [-0.25, -0.2) is 4.79 Å². The number of rotatable bonds is 8. The fourth-order valence-corrected chi connectivity index (χ4v) is 13.5. The first-order valence-corrected chi connectivity index (χ1v) is 20.1. The number of alkyl halides is 3. The summed E-state index contributed by atoms with van der Waals surface area (Å²) in [5, 5.41) is 23.9. The second-order valence-corrected chi connectivity index (χ2v) is 19.3. The van der Waals surface area contributed by atoms with Gasteiger partial charge in [-0.2, -0.15) is 13.2 Å². The first-order valence-electron chi connectivity index (χ1n) is 20.1. The van der Waals surface area contributed by atoms with Gasteiger partial charge in [0.25, 0.3) is 5.60 Å². The third-order valence-corrected chi connectivity index (χ3v) is 16.1. The molecule has 0 heterocycles. The molecule has 0 saturated heterocycles. The van der Waals surface area contributed by atoms with Gasteiger partial charge in [-0.15, -0.1) is 0 Å². The second kappa shape index (κ2) is 14.1. The number of hydrogen-bond donors (Lipinski definition) is 2. The van der Waals surface area contributed by atoms with Crippen LogP contribution >= 0.6 is 0 Å². The molecule has 56 heavy (non-hydrogen) atoms. The van der Waals surface area contributed by atoms with Gasteiger partial charge in [0.05, 0.1) is 18.8 Å². The number of carbonyl (C=O) groups excluding carboxylic acids is 3. The second-order valence-electron chi connectivity index (χ2n) is 19.3. The van der Waals surface area contributed by atoms with E-state index in [9.17, 15) is 24.6 Å². The van der Waals surface area contributed by atoms with Crippen LogP contribution in [0.2, 0.25) is 0 Å². The molecular weight excluding hydrogens is 729 g/mol. The Morgan fingerprint density at radius 1 is 0.893 bits per heavy atom. The molecule has 0 radical (unpaired) electrons. The Morgan fingerprint density at radius 3 is 2.09 bits per heavy atom. The van der Waals surface area contributed by atoms with Crippen molar-refractivity contribution in [3.8, 4) is 0 Å². The number of ether oxygens (including phenoxy) is 4. The smallest absolute Gasteiger partial charge is 0.432 e. The summed E-state index contributed by atoms with van der Waals surface area (Å²) in [5.41, 5.74) is -6.20. The number of allylic oxidation sites excluding steroid dienone is 1. The molecule has 0 spiro atoms. The van der Waals surface area contributed by atoms with Gasteiger partial charge in [-0.05, 0) is 77.9 Å². The molecule has 13 atom stereocenters. The Balaban J connectivity index is 1.51. The zero-order valence-electron chi connectivity index (χ0n) is 34.5. The molecule has 1 aromatic carbocycles. The highest BCUT2D eigenvalue weighted by molar-refractivity contribution is 5.83. The van der Waals surface area contributed by atoms with Gasteiger partial charge in [-0.3, -0.25) is 9.59 Å². The summed E-state index contributed by atoms with van der Waals surface area (Å²) in [6.07, 6.45) is -3.93. The topological polar surface area (TPSA) is 129 Å². The standard InChI is InChI=1S/C44H61F3O9/c1-24(2)29-20-31(56-37(52)43(53-10,44(45,46)47)27-14-12-11-13-15-27)35-41(9)17-16-28-34(40(41,8)18-19-42(29,35)23-54-25(3)48)30(50)21-33-38(5,6)36(51)32(55-26(4)49)22-39(28,33)7/h11-16,24,29-36,50-51H,17-23H2,1-10H3/t29-,30-,31+,32+,33-,34-,35+,36-,39+,40-,41+,42+,43+/m0/s1. The average Bonchev–Trinajstić information content (AvgIpc) is 3.43. The third-order valence-electron chi connectivity index (χ3n) is 16.1. The van der Waals surface area contributed by atoms with Crippen LogP contribution in [0.4, 0.5) is 13.2 Å². The van der Waals surface area contributed by atoms with Gasteiger partial charge in [-0.1, -0.05) is 90.4 Å². The highest BCUT2D eigenvalue weighted by atomic mass is 19.4. The van der Waals surface area contributed by atoms with E-state index in [2.05, 4.69) is 26.8 Å². The minimum Gasteiger partial charge on any atom is -0.465 e. The van der Waals surface area contributed by atoms with Crippen LogP contribution in [0.25, 0.3) is 0 Å². The summed E-state index contributed by atoms with van der Waals surface area (Å²) in [4.78, 5) is 39.1. The van der Waals surface area contributed by atoms with Gasteiger partial charge in [0.1, 0.15) is 12.2 Å². The summed E-state index contributed by atoms with van der Waals surface area (Å²) in [7, 11) is 0.862. The van der Waals surface area contributed by atoms with E-state index in [1.807, 2.05) is 27.7 Å². The van der Waals surface area contributed by atoms with E-state index in [4.69, 9.17) is 18.9 Å². The van der Waals surface area contributed by atoms with Gasteiger partial charge in [0.2, 0.25) is 0 Å². The van der Waals surface area contributed by atoms with Crippen LogP contribution in [0.15, 0.2) is 42.0 Å². The molecule has 0 bridgehead atoms. The van der Waals surface area contributed by atoms with Crippen molar-refractivity contribution in [2.45, 2.75) is 137 Å². The van der Waals surface area contributed by atoms with Crippen LogP contribution in [0, 0.1) is 56.7 Å². The molecule has 6 rings (SSSR count). The van der Waals surface area contributed by atoms with Crippen molar-refractivity contribution in [3.63, 3.8) is 0 Å². The molecule has 5 aliphatic carbocycles. The van der Waals surface area contributed by atoms with Crippen molar-refractivity contribution in [2.75, 3.05) is 13.7 Å². The fourth-order valence-electron chi connectivity index (χ4n) is 13.5. The minimum absolute atomic E-state index is 0.00243. The van der Waals surface area contributed by atoms with Crippen molar-refractivity contribution in [3.05, 3.63) is 47.5 Å². The number of methoxy groups -OCH3 is 1. The third kappa shape index (κ3) is 5.99. The quantitative estimate of drug-likeness (QED) is 0.155. The van der Waals surface area contributed by atoms with Crippen LogP contribution in [0.3, 0.4) is 0 Å². The number of benzene rings is 1. The Labute approximate surface area is 329 Å². The average molecular weight is 791 g/mol. The molecule has 2 N–H and O–H groups in total. The Hall–Kier alpha value is -2.96. The predicted molar refractivity (Wildman–Crippen MR) is 200 cm³/mol.